The van der Waals surface area contributed by atoms with Crippen LogP contribution in [0.15, 0.2) is 0 Å². The summed E-state index contributed by atoms with van der Waals surface area (Å²) in [5.41, 5.74) is 0. The minimum absolute atomic E-state index is 0.120. The molecule has 1 saturated heterocycles. The van der Waals surface area contributed by atoms with E-state index >= 15 is 0 Å². The number of aliphatic hydroxyl groups excluding tert-OH is 1. The van der Waals surface area contributed by atoms with Gasteiger partial charge in [-0.15, -0.1) is 0 Å². The topological polar surface area (TPSA) is 98.2 Å². The fraction of sp³-hybridized carbons (Fsp3) is 0.667. The SMILES string of the molecule is CN1CCN(CC(O)CC(=O)O)C(=O)C1=O. The molecule has 1 fully saturated rings. The van der Waals surface area contributed by atoms with Crippen LogP contribution in [0.1, 0.15) is 6.42 Å². The number of rotatable bonds is 4. The van der Waals surface area contributed by atoms with Gasteiger partial charge in [-0.3, -0.25) is 14.4 Å². The second-order valence-electron chi connectivity index (χ2n) is 3.73. The maximum atomic E-state index is 11.4. The third-order valence-corrected chi connectivity index (χ3v) is 2.36. The highest BCUT2D eigenvalue weighted by Gasteiger charge is 2.31. The average molecular weight is 230 g/mol. The van der Waals surface area contributed by atoms with Crippen molar-refractivity contribution in [3.63, 3.8) is 0 Å². The normalized spacial score (nSPS) is 18.9. The highest BCUT2D eigenvalue weighted by molar-refractivity contribution is 6.35. The summed E-state index contributed by atoms with van der Waals surface area (Å²) in [6.45, 7) is 0.590. The second-order valence-corrected chi connectivity index (χ2v) is 3.73. The van der Waals surface area contributed by atoms with Crippen molar-refractivity contribution in [2.24, 2.45) is 0 Å². The molecular formula is C9H14N2O5. The van der Waals surface area contributed by atoms with Gasteiger partial charge in [0, 0.05) is 26.7 Å². The number of aliphatic hydroxyl groups is 1. The van der Waals surface area contributed by atoms with E-state index in [0.717, 1.165) is 0 Å². The Hall–Kier alpha value is -1.63. The molecule has 16 heavy (non-hydrogen) atoms. The average Bonchev–Trinajstić information content (AvgIpc) is 2.18. The molecule has 0 bridgehead atoms. The number of aliphatic carboxylic acids is 1. The summed E-state index contributed by atoms with van der Waals surface area (Å²) in [5, 5.41) is 17.8. The lowest BCUT2D eigenvalue weighted by Crippen LogP contribution is -2.54. The molecule has 7 heteroatoms. The molecular weight excluding hydrogens is 216 g/mol. The second kappa shape index (κ2) is 4.93. The van der Waals surface area contributed by atoms with Crippen LogP contribution in [0.2, 0.25) is 0 Å². The first-order chi connectivity index (χ1) is 7.41. The summed E-state index contributed by atoms with van der Waals surface area (Å²) in [4.78, 5) is 35.5. The summed E-state index contributed by atoms with van der Waals surface area (Å²) in [6, 6.07) is 0. The number of nitrogens with zero attached hydrogens (tertiary/aromatic N) is 2. The highest BCUT2D eigenvalue weighted by Crippen LogP contribution is 2.05. The Kier molecular flexibility index (Phi) is 3.83. The van der Waals surface area contributed by atoms with Crippen molar-refractivity contribution >= 4 is 17.8 Å². The summed E-state index contributed by atoms with van der Waals surface area (Å²) in [6.07, 6.45) is -1.58. The predicted octanol–water partition coefficient (Wildman–Crippen LogP) is -1.88. The summed E-state index contributed by atoms with van der Waals surface area (Å²) >= 11 is 0. The van der Waals surface area contributed by atoms with Crippen LogP contribution < -0.4 is 0 Å². The van der Waals surface area contributed by atoms with Crippen molar-refractivity contribution in [2.75, 3.05) is 26.7 Å². The predicted molar refractivity (Wildman–Crippen MR) is 52.5 cm³/mol. The number of carbonyl (C=O) groups excluding carboxylic acids is 2. The lowest BCUT2D eigenvalue weighted by atomic mass is 10.2. The number of hydrogen-bond donors (Lipinski definition) is 2. The zero-order valence-electron chi connectivity index (χ0n) is 8.92. The van der Waals surface area contributed by atoms with Gasteiger partial charge in [0.1, 0.15) is 0 Å². The van der Waals surface area contributed by atoms with E-state index in [2.05, 4.69) is 0 Å². The Morgan fingerprint density at radius 2 is 2.00 bits per heavy atom. The van der Waals surface area contributed by atoms with Crippen molar-refractivity contribution in [2.45, 2.75) is 12.5 Å². The third kappa shape index (κ3) is 2.93. The van der Waals surface area contributed by atoms with Crippen LogP contribution in [0.3, 0.4) is 0 Å². The number of piperazine rings is 1. The van der Waals surface area contributed by atoms with Crippen molar-refractivity contribution in [3.8, 4) is 0 Å². The van der Waals surface area contributed by atoms with Crippen LogP contribution in [0.5, 0.6) is 0 Å². The molecule has 1 heterocycles. The summed E-state index contributed by atoms with van der Waals surface area (Å²) in [7, 11) is 1.52. The molecule has 0 saturated carbocycles. The number of carbonyl (C=O) groups is 3. The molecule has 1 unspecified atom stereocenters. The fourth-order valence-electron chi connectivity index (χ4n) is 1.47. The van der Waals surface area contributed by atoms with E-state index in [1.165, 1.54) is 16.8 Å². The minimum atomic E-state index is -1.14. The van der Waals surface area contributed by atoms with E-state index < -0.39 is 30.3 Å². The maximum absolute atomic E-state index is 11.4. The molecule has 0 aliphatic carbocycles. The van der Waals surface area contributed by atoms with E-state index in [0.29, 0.717) is 13.1 Å². The zero-order valence-corrected chi connectivity index (χ0v) is 8.92. The summed E-state index contributed by atoms with van der Waals surface area (Å²) < 4.78 is 0. The van der Waals surface area contributed by atoms with Gasteiger partial charge in [0.05, 0.1) is 12.5 Å². The van der Waals surface area contributed by atoms with Crippen LogP contribution in [-0.2, 0) is 14.4 Å². The number of β-amino-alcohol motifs (C(OH)–C–C–N with tert-alkyl or cyclic N) is 1. The Balaban J connectivity index is 2.52. The van der Waals surface area contributed by atoms with Gasteiger partial charge in [0.2, 0.25) is 0 Å². The van der Waals surface area contributed by atoms with E-state index in [1.807, 2.05) is 0 Å². The van der Waals surface area contributed by atoms with Gasteiger partial charge < -0.3 is 20.0 Å². The van der Waals surface area contributed by atoms with Crippen LogP contribution >= 0.6 is 0 Å². The molecule has 0 spiro atoms. The number of carboxylic acid groups (broad SMARTS) is 1. The third-order valence-electron chi connectivity index (χ3n) is 2.36. The molecule has 0 aromatic carbocycles. The van der Waals surface area contributed by atoms with Gasteiger partial charge in [0.15, 0.2) is 0 Å². The first kappa shape index (κ1) is 12.4. The van der Waals surface area contributed by atoms with Crippen LogP contribution in [0, 0.1) is 0 Å². The van der Waals surface area contributed by atoms with E-state index in [9.17, 15) is 19.5 Å². The molecule has 1 aliphatic heterocycles. The Labute approximate surface area is 92.2 Å². The smallest absolute Gasteiger partial charge is 0.312 e. The van der Waals surface area contributed by atoms with Crippen molar-refractivity contribution < 1.29 is 24.6 Å². The Morgan fingerprint density at radius 1 is 1.38 bits per heavy atom. The molecule has 2 N–H and O–H groups in total. The first-order valence-corrected chi connectivity index (χ1v) is 4.86. The lowest BCUT2D eigenvalue weighted by Gasteiger charge is -2.32. The Morgan fingerprint density at radius 3 is 2.56 bits per heavy atom. The number of carboxylic acids is 1. The first-order valence-electron chi connectivity index (χ1n) is 4.86. The van der Waals surface area contributed by atoms with Crippen molar-refractivity contribution in [1.82, 2.24) is 9.80 Å². The van der Waals surface area contributed by atoms with Gasteiger partial charge in [-0.2, -0.15) is 0 Å². The number of amides is 2. The summed E-state index contributed by atoms with van der Waals surface area (Å²) in [5.74, 6) is -2.47. The van der Waals surface area contributed by atoms with E-state index in [-0.39, 0.29) is 6.54 Å². The lowest BCUT2D eigenvalue weighted by molar-refractivity contribution is -0.156. The molecule has 1 aliphatic rings. The standard InChI is InChI=1S/C9H14N2O5/c1-10-2-3-11(9(16)8(10)15)5-6(12)4-7(13)14/h6,12H,2-5H2,1H3,(H,13,14). The van der Waals surface area contributed by atoms with Crippen molar-refractivity contribution in [1.29, 1.82) is 0 Å². The largest absolute Gasteiger partial charge is 0.481 e. The molecule has 1 rings (SSSR count). The quantitative estimate of drug-likeness (QED) is 0.551. The fourth-order valence-corrected chi connectivity index (χ4v) is 1.47. The van der Waals surface area contributed by atoms with Gasteiger partial charge >= 0.3 is 17.8 Å². The van der Waals surface area contributed by atoms with Gasteiger partial charge in [0.25, 0.3) is 0 Å². The van der Waals surface area contributed by atoms with Gasteiger partial charge in [-0.1, -0.05) is 0 Å². The van der Waals surface area contributed by atoms with E-state index in [4.69, 9.17) is 5.11 Å². The van der Waals surface area contributed by atoms with E-state index in [1.54, 1.807) is 0 Å². The molecule has 1 atom stereocenters. The number of likely N-dealkylation sites (N-methyl/N-ethyl adjacent to an activating group) is 1. The van der Waals surface area contributed by atoms with Crippen LogP contribution in [0.25, 0.3) is 0 Å². The van der Waals surface area contributed by atoms with Crippen LogP contribution in [-0.4, -0.2) is 70.6 Å². The monoisotopic (exact) mass is 230 g/mol. The molecule has 90 valence electrons. The molecule has 0 aromatic rings. The highest BCUT2D eigenvalue weighted by atomic mass is 16.4. The number of hydrogen-bond acceptors (Lipinski definition) is 4. The molecule has 0 radical (unpaired) electrons. The molecule has 2 amide bonds. The molecule has 0 aromatic heterocycles. The Bertz CT molecular complexity index is 317. The minimum Gasteiger partial charge on any atom is -0.481 e. The van der Waals surface area contributed by atoms with Crippen LogP contribution in [0.4, 0.5) is 0 Å². The zero-order chi connectivity index (χ0) is 12.3. The maximum Gasteiger partial charge on any atom is 0.312 e. The van der Waals surface area contributed by atoms with Crippen molar-refractivity contribution in [3.05, 3.63) is 0 Å². The van der Waals surface area contributed by atoms with Gasteiger partial charge in [-0.05, 0) is 0 Å². The molecule has 7 nitrogen and oxygen atoms in total. The van der Waals surface area contributed by atoms with Gasteiger partial charge in [-0.25, -0.2) is 0 Å².